The van der Waals surface area contributed by atoms with E-state index in [0.29, 0.717) is 47.5 Å². The fourth-order valence-electron chi connectivity index (χ4n) is 4.04. The maximum atomic E-state index is 13.2. The number of nitrogens with zero attached hydrogens (tertiary/aromatic N) is 3. The van der Waals surface area contributed by atoms with Gasteiger partial charge in [-0.2, -0.15) is 4.31 Å². The van der Waals surface area contributed by atoms with Crippen molar-refractivity contribution in [1.29, 1.82) is 0 Å². The Hall–Kier alpha value is -3.22. The lowest BCUT2D eigenvalue weighted by Crippen LogP contribution is -2.39. The minimum Gasteiger partial charge on any atom is -0.494 e. The average molecular weight is 517 g/mol. The predicted octanol–water partition coefficient (Wildman–Crippen LogP) is 3.49. The van der Waals surface area contributed by atoms with Gasteiger partial charge in [0, 0.05) is 30.8 Å². The number of aromatic nitrogens is 2. The number of rotatable bonds is 7. The lowest BCUT2D eigenvalue weighted by atomic mass is 10.0. The molecule has 0 bridgehead atoms. The third-order valence-electron chi connectivity index (χ3n) is 5.77. The Morgan fingerprint density at radius 3 is 2.77 bits per heavy atom. The summed E-state index contributed by atoms with van der Waals surface area (Å²) in [6.45, 7) is 3.26. The fraction of sp³-hybridized carbons (Fsp3) is 0.348. The van der Waals surface area contributed by atoms with Gasteiger partial charge in [-0.15, -0.1) is 10.2 Å². The van der Waals surface area contributed by atoms with Gasteiger partial charge in [-0.3, -0.25) is 4.79 Å². The van der Waals surface area contributed by atoms with Crippen LogP contribution in [0.2, 0.25) is 0 Å². The van der Waals surface area contributed by atoms with Gasteiger partial charge in [0.2, 0.25) is 21.8 Å². The molecule has 1 aromatic heterocycles. The van der Waals surface area contributed by atoms with Gasteiger partial charge in [0.05, 0.1) is 11.5 Å². The van der Waals surface area contributed by atoms with Crippen LogP contribution in [0.4, 0.5) is 5.69 Å². The second-order valence-electron chi connectivity index (χ2n) is 8.07. The van der Waals surface area contributed by atoms with Crippen LogP contribution in [-0.4, -0.2) is 55.3 Å². The molecule has 0 unspecified atom stereocenters. The van der Waals surface area contributed by atoms with Crippen LogP contribution in [0.15, 0.2) is 47.4 Å². The van der Waals surface area contributed by atoms with Crippen molar-refractivity contribution in [1.82, 2.24) is 14.5 Å². The third-order valence-corrected chi connectivity index (χ3v) is 8.74. The SMILES string of the molecule is CCOc1ccc(S(=O)(=O)N2CCC[C@H](c3nnc(C(=O)Nc4ccc5c(c4)OCO5)s3)C2)cc1. The third kappa shape index (κ3) is 4.95. The molecule has 5 rings (SSSR count). The van der Waals surface area contributed by atoms with Gasteiger partial charge in [0.1, 0.15) is 10.8 Å². The van der Waals surface area contributed by atoms with E-state index in [4.69, 9.17) is 14.2 Å². The molecule has 0 aliphatic carbocycles. The van der Waals surface area contributed by atoms with E-state index in [1.165, 1.54) is 15.6 Å². The summed E-state index contributed by atoms with van der Waals surface area (Å²) >= 11 is 1.18. The van der Waals surface area contributed by atoms with Crippen molar-refractivity contribution in [2.24, 2.45) is 0 Å². The molecule has 3 heterocycles. The Labute approximate surface area is 206 Å². The van der Waals surface area contributed by atoms with E-state index in [1.807, 2.05) is 6.92 Å². The number of ether oxygens (including phenoxy) is 3. The summed E-state index contributed by atoms with van der Waals surface area (Å²) in [5.41, 5.74) is 0.557. The molecule has 1 saturated heterocycles. The summed E-state index contributed by atoms with van der Waals surface area (Å²) in [5.74, 6) is 1.30. The van der Waals surface area contributed by atoms with Crippen LogP contribution in [0, 0.1) is 0 Å². The van der Waals surface area contributed by atoms with Gasteiger partial charge in [0.25, 0.3) is 5.91 Å². The van der Waals surface area contributed by atoms with Crippen LogP contribution in [0.5, 0.6) is 17.2 Å². The molecule has 2 aliphatic heterocycles. The van der Waals surface area contributed by atoms with E-state index in [2.05, 4.69) is 15.5 Å². The Balaban J connectivity index is 1.26. The highest BCUT2D eigenvalue weighted by Gasteiger charge is 2.33. The van der Waals surface area contributed by atoms with Crippen molar-refractivity contribution in [3.63, 3.8) is 0 Å². The minimum atomic E-state index is -3.66. The summed E-state index contributed by atoms with van der Waals surface area (Å²) in [6, 6.07) is 11.6. The first-order valence-electron chi connectivity index (χ1n) is 11.2. The van der Waals surface area contributed by atoms with Crippen molar-refractivity contribution >= 4 is 33.0 Å². The summed E-state index contributed by atoms with van der Waals surface area (Å²) in [7, 11) is -3.66. The number of piperidine rings is 1. The Morgan fingerprint density at radius 2 is 1.97 bits per heavy atom. The summed E-state index contributed by atoms with van der Waals surface area (Å²) in [5, 5.41) is 11.9. The Morgan fingerprint density at radius 1 is 1.17 bits per heavy atom. The quantitative estimate of drug-likeness (QED) is 0.507. The number of fused-ring (bicyclic) bond motifs is 1. The molecule has 2 aromatic carbocycles. The van der Waals surface area contributed by atoms with Crippen molar-refractivity contribution in [3.05, 3.63) is 52.5 Å². The van der Waals surface area contributed by atoms with Crippen molar-refractivity contribution in [2.75, 3.05) is 31.8 Å². The second kappa shape index (κ2) is 9.80. The molecular weight excluding hydrogens is 492 g/mol. The summed E-state index contributed by atoms with van der Waals surface area (Å²) in [6.07, 6.45) is 1.47. The molecule has 184 valence electrons. The first-order chi connectivity index (χ1) is 16.9. The van der Waals surface area contributed by atoms with Crippen molar-refractivity contribution in [2.45, 2.75) is 30.6 Å². The normalized spacial score (nSPS) is 17.8. The van der Waals surface area contributed by atoms with Crippen LogP contribution in [0.3, 0.4) is 0 Å². The number of hydrogen-bond acceptors (Lipinski definition) is 9. The van der Waals surface area contributed by atoms with Gasteiger partial charge in [-0.25, -0.2) is 8.42 Å². The molecule has 10 nitrogen and oxygen atoms in total. The number of hydrogen-bond donors (Lipinski definition) is 1. The molecule has 1 atom stereocenters. The number of carbonyl (C=O) groups excluding carboxylic acids is 1. The molecule has 3 aromatic rings. The second-order valence-corrected chi connectivity index (χ2v) is 11.0. The zero-order chi connectivity index (χ0) is 24.4. The molecule has 1 fully saturated rings. The molecule has 0 saturated carbocycles. The van der Waals surface area contributed by atoms with Gasteiger partial charge in [-0.05, 0) is 56.2 Å². The fourth-order valence-corrected chi connectivity index (χ4v) is 6.42. The van der Waals surface area contributed by atoms with Crippen molar-refractivity contribution in [3.8, 4) is 17.2 Å². The van der Waals surface area contributed by atoms with Gasteiger partial charge in [-0.1, -0.05) is 11.3 Å². The molecule has 0 radical (unpaired) electrons. The van der Waals surface area contributed by atoms with Crippen LogP contribution < -0.4 is 19.5 Å². The maximum absolute atomic E-state index is 13.2. The average Bonchev–Trinajstić information content (AvgIpc) is 3.55. The van der Waals surface area contributed by atoms with Crippen LogP contribution in [-0.2, 0) is 10.0 Å². The zero-order valence-electron chi connectivity index (χ0n) is 19.0. The molecule has 12 heteroatoms. The smallest absolute Gasteiger partial charge is 0.286 e. The number of amides is 1. The molecular formula is C23H24N4O6S2. The topological polar surface area (TPSA) is 120 Å². The van der Waals surface area contributed by atoms with Crippen molar-refractivity contribution < 1.29 is 27.4 Å². The lowest BCUT2D eigenvalue weighted by Gasteiger charge is -2.30. The highest BCUT2D eigenvalue weighted by Crippen LogP contribution is 2.35. The highest BCUT2D eigenvalue weighted by atomic mass is 32.2. The van der Waals surface area contributed by atoms with E-state index < -0.39 is 10.0 Å². The van der Waals surface area contributed by atoms with E-state index in [1.54, 1.807) is 42.5 Å². The zero-order valence-corrected chi connectivity index (χ0v) is 20.6. The predicted molar refractivity (Wildman–Crippen MR) is 129 cm³/mol. The minimum absolute atomic E-state index is 0.134. The van der Waals surface area contributed by atoms with E-state index in [0.717, 1.165) is 6.42 Å². The van der Waals surface area contributed by atoms with Gasteiger partial charge < -0.3 is 19.5 Å². The van der Waals surface area contributed by atoms with E-state index in [9.17, 15) is 13.2 Å². The molecule has 35 heavy (non-hydrogen) atoms. The van der Waals surface area contributed by atoms with Crippen LogP contribution in [0.25, 0.3) is 0 Å². The molecule has 0 spiro atoms. The maximum Gasteiger partial charge on any atom is 0.286 e. The first kappa shape index (κ1) is 23.5. The van der Waals surface area contributed by atoms with Gasteiger partial charge in [0.15, 0.2) is 11.5 Å². The monoisotopic (exact) mass is 516 g/mol. The van der Waals surface area contributed by atoms with E-state index in [-0.39, 0.29) is 35.1 Å². The molecule has 1 N–H and O–H groups in total. The van der Waals surface area contributed by atoms with E-state index >= 15 is 0 Å². The number of benzene rings is 2. The van der Waals surface area contributed by atoms with Crippen LogP contribution in [0.1, 0.15) is 40.5 Å². The number of carbonyl (C=O) groups is 1. The largest absolute Gasteiger partial charge is 0.494 e. The Bertz CT molecular complexity index is 1330. The summed E-state index contributed by atoms with van der Waals surface area (Å²) in [4.78, 5) is 12.9. The number of sulfonamides is 1. The standard InChI is InChI=1S/C23H24N4O6S2/c1-2-31-17-6-8-18(9-7-17)35(29,30)27-11-3-4-15(13-27)22-25-26-23(34-22)21(28)24-16-5-10-19-20(12-16)33-14-32-19/h5-10,12,15H,2-4,11,13-14H2,1H3,(H,24,28)/t15-/m0/s1. The first-order valence-corrected chi connectivity index (χ1v) is 13.5. The molecule has 1 amide bonds. The number of anilines is 1. The van der Waals surface area contributed by atoms with Gasteiger partial charge >= 0.3 is 0 Å². The number of nitrogens with one attached hydrogen (secondary N) is 1. The lowest BCUT2D eigenvalue weighted by molar-refractivity contribution is 0.102. The Kier molecular flexibility index (Phi) is 6.58. The molecule has 2 aliphatic rings. The highest BCUT2D eigenvalue weighted by molar-refractivity contribution is 7.89. The van der Waals surface area contributed by atoms with Crippen LogP contribution >= 0.6 is 11.3 Å². The summed E-state index contributed by atoms with van der Waals surface area (Å²) < 4.78 is 43.9.